The van der Waals surface area contributed by atoms with Gasteiger partial charge in [-0.25, -0.2) is 14.4 Å². The zero-order chi connectivity index (χ0) is 25.4. The number of carbonyl (C=O) groups is 1. The first-order valence-electron chi connectivity index (χ1n) is 10.8. The summed E-state index contributed by atoms with van der Waals surface area (Å²) in [5.41, 5.74) is 5.81. The number of hydrogen-bond acceptors (Lipinski definition) is 7. The molecule has 0 fully saturated rings. The van der Waals surface area contributed by atoms with Crippen LogP contribution in [0.4, 0.5) is 10.2 Å². The molecule has 1 aromatic carbocycles. The van der Waals surface area contributed by atoms with Gasteiger partial charge in [0.05, 0.1) is 23.4 Å². The van der Waals surface area contributed by atoms with E-state index < -0.39 is 41.5 Å². The fourth-order valence-electron chi connectivity index (χ4n) is 3.64. The quantitative estimate of drug-likeness (QED) is 0.379. The fourth-order valence-corrected chi connectivity index (χ4v) is 3.86. The Morgan fingerprint density at radius 2 is 2.09 bits per heavy atom. The second-order valence-corrected chi connectivity index (χ2v) is 9.19. The first-order valence-corrected chi connectivity index (χ1v) is 11.1. The van der Waals surface area contributed by atoms with Crippen LogP contribution >= 0.6 is 11.6 Å². The van der Waals surface area contributed by atoms with Gasteiger partial charge < -0.3 is 26.0 Å². The summed E-state index contributed by atoms with van der Waals surface area (Å²) in [7, 11) is 0. The van der Waals surface area contributed by atoms with E-state index in [-0.39, 0.29) is 17.3 Å². The fraction of sp³-hybridized carbons (Fsp3) is 0.435. The van der Waals surface area contributed by atoms with Gasteiger partial charge in [0, 0.05) is 30.4 Å². The maximum Gasteiger partial charge on any atom is 0.258 e. The molecular weight excluding hydrogens is 465 g/mol. The largest absolute Gasteiger partial charge is 0.490 e. The number of ether oxygens (including phenoxy) is 1. The molecule has 0 spiro atoms. The molecular formula is C23H29ClFN5O4. The average molecular weight is 494 g/mol. The highest BCUT2D eigenvalue weighted by molar-refractivity contribution is 6.31. The number of halogens is 2. The van der Waals surface area contributed by atoms with Crippen molar-refractivity contribution in [2.75, 3.05) is 18.9 Å². The molecule has 0 saturated heterocycles. The van der Waals surface area contributed by atoms with Crippen molar-refractivity contribution < 1.29 is 24.1 Å². The van der Waals surface area contributed by atoms with Crippen LogP contribution in [0.15, 0.2) is 18.5 Å². The monoisotopic (exact) mass is 493 g/mol. The number of rotatable bonds is 8. The van der Waals surface area contributed by atoms with Gasteiger partial charge in [-0.2, -0.15) is 0 Å². The second-order valence-electron chi connectivity index (χ2n) is 8.78. The van der Waals surface area contributed by atoms with Crippen molar-refractivity contribution in [3.05, 3.63) is 51.9 Å². The van der Waals surface area contributed by atoms with Crippen molar-refractivity contribution in [3.8, 4) is 5.75 Å². The molecule has 0 aliphatic carbocycles. The summed E-state index contributed by atoms with van der Waals surface area (Å²) in [6.07, 6.45) is 2.88. The summed E-state index contributed by atoms with van der Waals surface area (Å²) in [5.74, 6) is -1.36. The molecule has 1 amide bonds. The molecule has 5 N–H and O–H groups in total. The van der Waals surface area contributed by atoms with Crippen LogP contribution in [0.1, 0.15) is 61.1 Å². The molecule has 0 aliphatic rings. The predicted molar refractivity (Wildman–Crippen MR) is 127 cm³/mol. The number of anilines is 1. The molecule has 11 heteroatoms. The zero-order valence-electron chi connectivity index (χ0n) is 19.7. The normalized spacial score (nSPS) is 14.3. The lowest BCUT2D eigenvalue weighted by atomic mass is 9.95. The second kappa shape index (κ2) is 9.73. The van der Waals surface area contributed by atoms with Crippen molar-refractivity contribution in [2.45, 2.75) is 52.2 Å². The number of benzene rings is 1. The van der Waals surface area contributed by atoms with Crippen LogP contribution < -0.4 is 15.8 Å². The van der Waals surface area contributed by atoms with Gasteiger partial charge in [0.25, 0.3) is 5.91 Å². The number of carbonyl (C=O) groups excluding carboxylic acids is 1. The van der Waals surface area contributed by atoms with Crippen molar-refractivity contribution in [1.29, 1.82) is 0 Å². The highest BCUT2D eigenvalue weighted by Gasteiger charge is 2.31. The van der Waals surface area contributed by atoms with E-state index in [2.05, 4.69) is 15.3 Å². The zero-order valence-corrected chi connectivity index (χ0v) is 20.4. The summed E-state index contributed by atoms with van der Waals surface area (Å²) in [4.78, 5) is 21.8. The number of nitrogens with two attached hydrogens (primary N) is 1. The molecule has 0 bridgehead atoms. The van der Waals surface area contributed by atoms with Crippen LogP contribution in [0, 0.1) is 12.7 Å². The Labute approximate surface area is 201 Å². The Hall–Kier alpha value is -2.95. The minimum absolute atomic E-state index is 0.0157. The minimum atomic E-state index is -1.58. The third kappa shape index (κ3) is 4.94. The van der Waals surface area contributed by atoms with Crippen LogP contribution in [0.25, 0.3) is 5.52 Å². The summed E-state index contributed by atoms with van der Waals surface area (Å²) in [6, 6.07) is 1.42. The number of nitrogens with zero attached hydrogens (tertiary/aromatic N) is 3. The number of nitrogens with one attached hydrogen (secondary N) is 1. The number of amides is 1. The number of aromatic nitrogens is 3. The molecule has 34 heavy (non-hydrogen) atoms. The summed E-state index contributed by atoms with van der Waals surface area (Å²) >= 11 is 6.21. The Balaban J connectivity index is 2.18. The van der Waals surface area contributed by atoms with E-state index in [1.807, 2.05) is 6.92 Å². The molecule has 2 atom stereocenters. The van der Waals surface area contributed by atoms with Gasteiger partial charge in [-0.15, -0.1) is 0 Å². The van der Waals surface area contributed by atoms with E-state index >= 15 is 4.39 Å². The molecule has 0 aliphatic heterocycles. The van der Waals surface area contributed by atoms with Gasteiger partial charge in [0.1, 0.15) is 34.1 Å². The number of imidazole rings is 1. The lowest BCUT2D eigenvalue weighted by Gasteiger charge is -2.24. The predicted octanol–water partition coefficient (Wildman–Crippen LogP) is 2.82. The maximum atomic E-state index is 15.2. The Kier molecular flexibility index (Phi) is 7.35. The molecule has 184 valence electrons. The van der Waals surface area contributed by atoms with Gasteiger partial charge in [-0.05, 0) is 33.8 Å². The molecule has 9 nitrogen and oxygen atoms in total. The van der Waals surface area contributed by atoms with E-state index in [0.29, 0.717) is 28.4 Å². The third-order valence-corrected chi connectivity index (χ3v) is 5.67. The molecule has 0 radical (unpaired) electrons. The van der Waals surface area contributed by atoms with Crippen LogP contribution in [-0.2, 0) is 0 Å². The lowest BCUT2D eigenvalue weighted by Crippen LogP contribution is -2.43. The van der Waals surface area contributed by atoms with Crippen LogP contribution in [0.5, 0.6) is 5.75 Å². The number of aliphatic hydroxyl groups is 2. The number of aliphatic hydroxyl groups excluding tert-OH is 1. The van der Waals surface area contributed by atoms with Crippen molar-refractivity contribution >= 4 is 28.8 Å². The van der Waals surface area contributed by atoms with Crippen molar-refractivity contribution in [1.82, 2.24) is 19.7 Å². The smallest absolute Gasteiger partial charge is 0.258 e. The molecule has 3 aromatic rings. The lowest BCUT2D eigenvalue weighted by molar-refractivity contribution is 0.00312. The van der Waals surface area contributed by atoms with E-state index in [1.54, 1.807) is 37.6 Å². The molecule has 1 unspecified atom stereocenters. The first-order chi connectivity index (χ1) is 15.9. The van der Waals surface area contributed by atoms with Crippen molar-refractivity contribution in [2.24, 2.45) is 0 Å². The topological polar surface area (TPSA) is 135 Å². The van der Waals surface area contributed by atoms with Gasteiger partial charge >= 0.3 is 0 Å². The van der Waals surface area contributed by atoms with Crippen LogP contribution in [0.3, 0.4) is 0 Å². The van der Waals surface area contributed by atoms with Gasteiger partial charge in [0.2, 0.25) is 0 Å². The minimum Gasteiger partial charge on any atom is -0.490 e. The number of hydrogen-bond donors (Lipinski definition) is 4. The SMILES string of the molecule is Cc1nc([C@@H](C)c2cc(Cl)c(F)c(C(=O)NCC(C)(O)CO)c2OC(C)C)n2ccnc(N)c12. The van der Waals surface area contributed by atoms with E-state index in [0.717, 1.165) is 0 Å². The van der Waals surface area contributed by atoms with Crippen LogP contribution in [0.2, 0.25) is 5.02 Å². The Morgan fingerprint density at radius 1 is 1.41 bits per heavy atom. The van der Waals surface area contributed by atoms with Gasteiger partial charge in [0.15, 0.2) is 5.82 Å². The summed E-state index contributed by atoms with van der Waals surface area (Å²) < 4.78 is 22.9. The Morgan fingerprint density at radius 3 is 2.71 bits per heavy atom. The van der Waals surface area contributed by atoms with Gasteiger partial charge in [-0.1, -0.05) is 18.5 Å². The summed E-state index contributed by atoms with van der Waals surface area (Å²) in [5, 5.41) is 21.5. The van der Waals surface area contributed by atoms with E-state index in [1.165, 1.54) is 13.0 Å². The summed E-state index contributed by atoms with van der Waals surface area (Å²) in [6.45, 7) is 7.58. The molecule has 2 aromatic heterocycles. The maximum absolute atomic E-state index is 15.2. The third-order valence-electron chi connectivity index (χ3n) is 5.39. The molecule has 3 rings (SSSR count). The first kappa shape index (κ1) is 25.7. The van der Waals surface area contributed by atoms with Crippen molar-refractivity contribution in [3.63, 3.8) is 0 Å². The van der Waals surface area contributed by atoms with Gasteiger partial charge in [-0.3, -0.25) is 9.20 Å². The van der Waals surface area contributed by atoms with E-state index in [9.17, 15) is 15.0 Å². The van der Waals surface area contributed by atoms with Crippen LogP contribution in [-0.4, -0.2) is 55.3 Å². The average Bonchev–Trinajstić information content (AvgIpc) is 3.11. The number of fused-ring (bicyclic) bond motifs is 1. The van der Waals surface area contributed by atoms with E-state index in [4.69, 9.17) is 22.1 Å². The molecule has 0 saturated carbocycles. The molecule has 2 heterocycles. The highest BCUT2D eigenvalue weighted by Crippen LogP contribution is 2.39. The Bertz CT molecular complexity index is 1230. The highest BCUT2D eigenvalue weighted by atomic mass is 35.5. The standard InChI is InChI=1S/C23H29ClFN5O4/c1-11(2)34-19-14(12(3)21-29-13(4)18-20(26)27-6-7-30(18)21)8-15(24)17(25)16(19)22(32)28-9-23(5,33)10-31/h6-8,11-12,31,33H,9-10H2,1-5H3,(H2,26,27)(H,28,32)/t12-,23?/m0/s1. The number of aryl methyl sites for hydroxylation is 1. The number of nitrogen functional groups attached to an aromatic ring is 1.